The van der Waals surface area contributed by atoms with Crippen LogP contribution in [-0.4, -0.2) is 51.2 Å². The van der Waals surface area contributed by atoms with Gasteiger partial charge in [0, 0.05) is 33.6 Å². The maximum Gasteiger partial charge on any atom is 0.238 e. The van der Waals surface area contributed by atoms with E-state index in [-0.39, 0.29) is 5.82 Å². The summed E-state index contributed by atoms with van der Waals surface area (Å²) in [4.78, 5) is 4.15. The highest BCUT2D eigenvalue weighted by atomic mass is 32.2. The molecule has 0 aliphatic carbocycles. The van der Waals surface area contributed by atoms with E-state index in [1.807, 2.05) is 6.92 Å². The molecule has 0 rings (SSSR count). The van der Waals surface area contributed by atoms with Gasteiger partial charge in [0.15, 0.2) is 5.90 Å². The third-order valence-electron chi connectivity index (χ3n) is 2.66. The number of aliphatic imine (C=N–C) groups is 1. The molecule has 0 radical (unpaired) electrons. The van der Waals surface area contributed by atoms with Crippen LogP contribution in [0.2, 0.25) is 0 Å². The summed E-state index contributed by atoms with van der Waals surface area (Å²) in [5.74, 6) is 0.624. The van der Waals surface area contributed by atoms with Gasteiger partial charge in [-0.1, -0.05) is 13.5 Å². The van der Waals surface area contributed by atoms with Gasteiger partial charge in [0.05, 0.1) is 11.9 Å². The van der Waals surface area contributed by atoms with Crippen LogP contribution >= 0.6 is 0 Å². The molecule has 0 N–H and O–H groups in total. The largest absolute Gasteiger partial charge is 0.481 e. The molecule has 0 saturated heterocycles. The smallest absolute Gasteiger partial charge is 0.238 e. The highest BCUT2D eigenvalue weighted by molar-refractivity contribution is 7.89. The first kappa shape index (κ1) is 18.9. The van der Waals surface area contributed by atoms with Crippen molar-refractivity contribution in [2.45, 2.75) is 38.9 Å². The van der Waals surface area contributed by atoms with Gasteiger partial charge in [-0.15, -0.1) is 0 Å². The Kier molecular flexibility index (Phi) is 8.48. The molecule has 118 valence electrons. The molecule has 0 aromatic carbocycles. The van der Waals surface area contributed by atoms with E-state index in [4.69, 9.17) is 9.47 Å². The van der Waals surface area contributed by atoms with E-state index in [9.17, 15) is 8.42 Å². The number of sulfonamides is 1. The molecular formula is C13H26N2O4S. The summed E-state index contributed by atoms with van der Waals surface area (Å²) in [6.45, 7) is 9.90. The Morgan fingerprint density at radius 3 is 2.40 bits per heavy atom. The molecule has 0 fully saturated rings. The van der Waals surface area contributed by atoms with Gasteiger partial charge >= 0.3 is 0 Å². The van der Waals surface area contributed by atoms with Crippen molar-refractivity contribution in [1.29, 1.82) is 0 Å². The molecule has 0 amide bonds. The molecular weight excluding hydrogens is 280 g/mol. The fourth-order valence-electron chi connectivity index (χ4n) is 1.28. The molecule has 6 nitrogen and oxygen atoms in total. The molecule has 0 atom stereocenters. The van der Waals surface area contributed by atoms with Crippen LogP contribution in [0.5, 0.6) is 0 Å². The molecule has 0 saturated carbocycles. The quantitative estimate of drug-likeness (QED) is 0.371. The Bertz CT molecular complexity index is 430. The zero-order chi connectivity index (χ0) is 15.8. The van der Waals surface area contributed by atoms with Gasteiger partial charge in [0.25, 0.3) is 0 Å². The van der Waals surface area contributed by atoms with Gasteiger partial charge in [-0.05, 0) is 13.8 Å². The molecule has 7 heteroatoms. The van der Waals surface area contributed by atoms with Crippen LogP contribution in [0, 0.1) is 0 Å². The first-order chi connectivity index (χ1) is 9.27. The van der Waals surface area contributed by atoms with Crippen molar-refractivity contribution in [1.82, 2.24) is 4.31 Å². The number of hydrogen-bond donors (Lipinski definition) is 0. The van der Waals surface area contributed by atoms with E-state index in [1.54, 1.807) is 21.0 Å². The van der Waals surface area contributed by atoms with Crippen LogP contribution in [0.4, 0.5) is 0 Å². The van der Waals surface area contributed by atoms with Gasteiger partial charge < -0.3 is 9.47 Å². The number of ether oxygens (including phenoxy) is 2. The monoisotopic (exact) mass is 306 g/mol. The van der Waals surface area contributed by atoms with Crippen LogP contribution in [0.15, 0.2) is 17.4 Å². The Morgan fingerprint density at radius 2 is 1.95 bits per heavy atom. The Balaban J connectivity index is 4.70. The summed E-state index contributed by atoms with van der Waals surface area (Å²) in [7, 11) is -0.337. The molecule has 0 bridgehead atoms. The maximum absolute atomic E-state index is 12.0. The first-order valence-corrected chi connectivity index (χ1v) is 8.13. The SMILES string of the molecule is C=C(N=C(CC)OCCCOC)N(C)S(=O)(=O)C(C)C. The highest BCUT2D eigenvalue weighted by Gasteiger charge is 2.23. The van der Waals surface area contributed by atoms with E-state index in [0.29, 0.717) is 25.5 Å². The lowest BCUT2D eigenvalue weighted by Gasteiger charge is -2.21. The van der Waals surface area contributed by atoms with Crippen molar-refractivity contribution in [2.75, 3.05) is 27.4 Å². The fourth-order valence-corrected chi connectivity index (χ4v) is 2.25. The van der Waals surface area contributed by atoms with Gasteiger partial charge in [-0.25, -0.2) is 8.42 Å². The van der Waals surface area contributed by atoms with Gasteiger partial charge in [-0.2, -0.15) is 4.99 Å². The van der Waals surface area contributed by atoms with Crippen LogP contribution in [0.3, 0.4) is 0 Å². The topological polar surface area (TPSA) is 68.2 Å². The Hall–Kier alpha value is -1.08. The van der Waals surface area contributed by atoms with E-state index >= 15 is 0 Å². The van der Waals surface area contributed by atoms with Gasteiger partial charge in [-0.3, -0.25) is 4.31 Å². The average Bonchev–Trinajstić information content (AvgIpc) is 2.40. The summed E-state index contributed by atoms with van der Waals surface area (Å²) in [6, 6.07) is 0. The molecule has 0 unspecified atom stereocenters. The van der Waals surface area contributed by atoms with Gasteiger partial charge in [0.2, 0.25) is 10.0 Å². The lowest BCUT2D eigenvalue weighted by atomic mass is 10.4. The second-order valence-electron chi connectivity index (χ2n) is 4.53. The lowest BCUT2D eigenvalue weighted by molar-refractivity contribution is 0.168. The van der Waals surface area contributed by atoms with E-state index in [2.05, 4.69) is 11.6 Å². The third kappa shape index (κ3) is 5.92. The first-order valence-electron chi connectivity index (χ1n) is 6.63. The number of rotatable bonds is 9. The number of nitrogens with zero attached hydrogens (tertiary/aromatic N) is 2. The molecule has 20 heavy (non-hydrogen) atoms. The van der Waals surface area contributed by atoms with Crippen molar-refractivity contribution in [2.24, 2.45) is 4.99 Å². The van der Waals surface area contributed by atoms with Gasteiger partial charge in [0.1, 0.15) is 5.82 Å². The van der Waals surface area contributed by atoms with Crippen molar-refractivity contribution in [3.8, 4) is 0 Å². The summed E-state index contributed by atoms with van der Waals surface area (Å²) < 4.78 is 35.4. The second kappa shape index (κ2) is 8.97. The van der Waals surface area contributed by atoms with E-state index in [1.165, 1.54) is 7.05 Å². The molecule has 0 aromatic heterocycles. The zero-order valence-electron chi connectivity index (χ0n) is 13.0. The Morgan fingerprint density at radius 1 is 1.35 bits per heavy atom. The normalized spacial score (nSPS) is 12.6. The highest BCUT2D eigenvalue weighted by Crippen LogP contribution is 2.13. The summed E-state index contributed by atoms with van der Waals surface area (Å²) in [5, 5.41) is -0.521. The minimum absolute atomic E-state index is 0.155. The van der Waals surface area contributed by atoms with E-state index < -0.39 is 15.3 Å². The summed E-state index contributed by atoms with van der Waals surface area (Å²) >= 11 is 0. The summed E-state index contributed by atoms with van der Waals surface area (Å²) in [6.07, 6.45) is 1.32. The predicted molar refractivity (Wildman–Crippen MR) is 81.1 cm³/mol. The van der Waals surface area contributed by atoms with Crippen molar-refractivity contribution < 1.29 is 17.9 Å². The molecule has 0 heterocycles. The predicted octanol–water partition coefficient (Wildman–Crippen LogP) is 1.99. The van der Waals surface area contributed by atoms with Crippen LogP contribution < -0.4 is 0 Å². The zero-order valence-corrected chi connectivity index (χ0v) is 13.9. The second-order valence-corrected chi connectivity index (χ2v) is 7.05. The summed E-state index contributed by atoms with van der Waals surface area (Å²) in [5.41, 5.74) is 0. The minimum Gasteiger partial charge on any atom is -0.481 e. The lowest BCUT2D eigenvalue weighted by Crippen LogP contribution is -2.32. The van der Waals surface area contributed by atoms with Crippen LogP contribution in [0.1, 0.15) is 33.6 Å². The molecule has 0 aliphatic heterocycles. The van der Waals surface area contributed by atoms with Crippen molar-refractivity contribution in [3.05, 3.63) is 12.4 Å². The molecule has 0 aromatic rings. The molecule has 0 aliphatic rings. The minimum atomic E-state index is -3.41. The number of hydrogen-bond acceptors (Lipinski definition) is 5. The van der Waals surface area contributed by atoms with Crippen molar-refractivity contribution >= 4 is 15.9 Å². The fraction of sp³-hybridized carbons (Fsp3) is 0.769. The van der Waals surface area contributed by atoms with E-state index in [0.717, 1.165) is 10.7 Å². The third-order valence-corrected chi connectivity index (χ3v) is 4.82. The Labute approximate surface area is 122 Å². The standard InChI is InChI=1S/C13H26N2O4S/c1-7-13(19-10-8-9-18-6)14-12(4)15(5)20(16,17)11(2)3/h11H,4,7-10H2,1-3,5-6H3. The average molecular weight is 306 g/mol. The molecule has 0 spiro atoms. The maximum atomic E-state index is 12.0. The van der Waals surface area contributed by atoms with Crippen LogP contribution in [-0.2, 0) is 19.5 Å². The van der Waals surface area contributed by atoms with Crippen LogP contribution in [0.25, 0.3) is 0 Å². The number of methoxy groups -OCH3 is 1. The van der Waals surface area contributed by atoms with Crippen molar-refractivity contribution in [3.63, 3.8) is 0 Å².